The summed E-state index contributed by atoms with van der Waals surface area (Å²) < 4.78 is 5.38. The first-order valence-corrected chi connectivity index (χ1v) is 7.11. The summed E-state index contributed by atoms with van der Waals surface area (Å²) in [5.74, 6) is 0.973. The normalized spacial score (nSPS) is 11.8. The van der Waals surface area contributed by atoms with Gasteiger partial charge in [-0.15, -0.1) is 0 Å². The number of nitrogens with one attached hydrogen (secondary N) is 1. The van der Waals surface area contributed by atoms with Crippen LogP contribution in [0.1, 0.15) is 16.8 Å². The summed E-state index contributed by atoms with van der Waals surface area (Å²) in [7, 11) is 4.01. The van der Waals surface area contributed by atoms with Crippen molar-refractivity contribution < 1.29 is 0 Å². The molecule has 0 aliphatic carbocycles. The van der Waals surface area contributed by atoms with Gasteiger partial charge in [-0.1, -0.05) is 6.07 Å². The Bertz CT molecular complexity index is 782. The van der Waals surface area contributed by atoms with E-state index in [2.05, 4.69) is 63.2 Å². The van der Waals surface area contributed by atoms with E-state index in [4.69, 9.17) is 4.98 Å². The highest BCUT2D eigenvalue weighted by molar-refractivity contribution is 9.10. The highest BCUT2D eigenvalue weighted by atomic mass is 79.9. The number of fused-ring (bicyclic) bond motifs is 3. The van der Waals surface area contributed by atoms with Gasteiger partial charge in [-0.05, 0) is 54.0 Å². The third kappa shape index (κ3) is 1.65. The topological polar surface area (TPSA) is 34.3 Å². The van der Waals surface area contributed by atoms with Gasteiger partial charge in [0.1, 0.15) is 4.60 Å². The number of aromatic nitrogens is 3. The predicted molar refractivity (Wildman–Crippen MR) is 81.6 cm³/mol. The van der Waals surface area contributed by atoms with Gasteiger partial charge in [0.05, 0.1) is 16.7 Å². The second-order valence-electron chi connectivity index (χ2n) is 4.95. The number of aryl methyl sites for hydroxylation is 3. The molecule has 100 valence electrons. The summed E-state index contributed by atoms with van der Waals surface area (Å²) in [6.07, 6.45) is 0. The van der Waals surface area contributed by atoms with Gasteiger partial charge in [0.15, 0.2) is 0 Å². The molecule has 0 fully saturated rings. The maximum Gasteiger partial charge on any atom is 0.215 e. The van der Waals surface area contributed by atoms with Crippen LogP contribution in [-0.4, -0.2) is 21.0 Å². The van der Waals surface area contributed by atoms with E-state index in [9.17, 15) is 0 Å². The molecule has 0 saturated carbocycles. The van der Waals surface area contributed by atoms with Crippen LogP contribution in [0.25, 0.3) is 16.8 Å². The molecule has 19 heavy (non-hydrogen) atoms. The molecular weight excluding hydrogens is 304 g/mol. The molecule has 0 aliphatic rings. The minimum absolute atomic E-state index is 0.812. The number of hydrogen-bond acceptors (Lipinski definition) is 2. The first-order chi connectivity index (χ1) is 9.06. The summed E-state index contributed by atoms with van der Waals surface area (Å²) in [5, 5.41) is 3.19. The zero-order chi connectivity index (χ0) is 13.7. The molecule has 0 bridgehead atoms. The monoisotopic (exact) mass is 320 g/mol. The molecular formula is C14H17BrN4. The van der Waals surface area contributed by atoms with E-state index in [0.29, 0.717) is 0 Å². The summed E-state index contributed by atoms with van der Waals surface area (Å²) >= 11 is 3.71. The Morgan fingerprint density at radius 2 is 2.05 bits per heavy atom. The van der Waals surface area contributed by atoms with E-state index in [-0.39, 0.29) is 0 Å². The molecule has 0 atom stereocenters. The Morgan fingerprint density at radius 1 is 1.32 bits per heavy atom. The number of benzene rings is 1. The van der Waals surface area contributed by atoms with Crippen molar-refractivity contribution in [2.45, 2.75) is 20.4 Å². The Hall–Kier alpha value is -1.33. The molecule has 0 radical (unpaired) electrons. The summed E-state index contributed by atoms with van der Waals surface area (Å²) in [6.45, 7) is 5.07. The van der Waals surface area contributed by atoms with E-state index >= 15 is 0 Å². The van der Waals surface area contributed by atoms with Gasteiger partial charge in [0.25, 0.3) is 0 Å². The van der Waals surface area contributed by atoms with E-state index in [1.165, 1.54) is 16.8 Å². The average molecular weight is 321 g/mol. The SMILES string of the molecule is CNCc1c(Br)n2c3ccc(C)c(C)c3nc2n1C. The summed E-state index contributed by atoms with van der Waals surface area (Å²) in [6, 6.07) is 4.30. The molecule has 3 rings (SSSR count). The van der Waals surface area contributed by atoms with Crippen molar-refractivity contribution in [2.24, 2.45) is 7.05 Å². The lowest BCUT2D eigenvalue weighted by molar-refractivity contribution is 0.738. The molecule has 0 amide bonds. The fourth-order valence-electron chi connectivity index (χ4n) is 2.53. The molecule has 0 aliphatic heterocycles. The summed E-state index contributed by atoms with van der Waals surface area (Å²) in [5.41, 5.74) is 5.97. The lowest BCUT2D eigenvalue weighted by atomic mass is 10.1. The van der Waals surface area contributed by atoms with E-state index < -0.39 is 0 Å². The molecule has 4 nitrogen and oxygen atoms in total. The van der Waals surface area contributed by atoms with Crippen molar-refractivity contribution in [3.63, 3.8) is 0 Å². The van der Waals surface area contributed by atoms with Crippen molar-refractivity contribution >= 4 is 32.7 Å². The Kier molecular flexibility index (Phi) is 2.91. The number of halogens is 1. The molecule has 2 aromatic heterocycles. The van der Waals surface area contributed by atoms with Crippen LogP contribution in [0.2, 0.25) is 0 Å². The zero-order valence-corrected chi connectivity index (χ0v) is 13.2. The summed E-state index contributed by atoms with van der Waals surface area (Å²) in [4.78, 5) is 4.81. The van der Waals surface area contributed by atoms with Crippen LogP contribution in [0.5, 0.6) is 0 Å². The lowest BCUT2D eigenvalue weighted by Gasteiger charge is -2.03. The molecule has 0 spiro atoms. The molecule has 3 aromatic rings. The van der Waals surface area contributed by atoms with Crippen molar-refractivity contribution in [2.75, 3.05) is 7.05 Å². The first kappa shape index (κ1) is 12.7. The number of rotatable bonds is 2. The molecule has 1 N–H and O–H groups in total. The average Bonchev–Trinajstić information content (AvgIpc) is 2.87. The van der Waals surface area contributed by atoms with E-state index in [0.717, 1.165) is 28.0 Å². The van der Waals surface area contributed by atoms with Crippen molar-refractivity contribution in [3.8, 4) is 0 Å². The maximum atomic E-state index is 4.81. The molecule has 2 heterocycles. The Balaban J connectivity index is 2.45. The zero-order valence-electron chi connectivity index (χ0n) is 11.6. The lowest BCUT2D eigenvalue weighted by Crippen LogP contribution is -2.09. The van der Waals surface area contributed by atoms with Crippen LogP contribution >= 0.6 is 15.9 Å². The van der Waals surface area contributed by atoms with Crippen LogP contribution in [0, 0.1) is 13.8 Å². The van der Waals surface area contributed by atoms with Crippen LogP contribution in [0.3, 0.4) is 0 Å². The van der Waals surface area contributed by atoms with Crippen LogP contribution in [-0.2, 0) is 13.6 Å². The van der Waals surface area contributed by atoms with Gasteiger partial charge in [0, 0.05) is 13.6 Å². The minimum Gasteiger partial charge on any atom is -0.315 e. The third-order valence-electron chi connectivity index (χ3n) is 3.82. The largest absolute Gasteiger partial charge is 0.315 e. The van der Waals surface area contributed by atoms with E-state index in [1.807, 2.05) is 7.05 Å². The fourth-order valence-corrected chi connectivity index (χ4v) is 3.29. The first-order valence-electron chi connectivity index (χ1n) is 6.32. The van der Waals surface area contributed by atoms with Crippen molar-refractivity contribution in [1.82, 2.24) is 19.3 Å². The number of hydrogen-bond donors (Lipinski definition) is 1. The van der Waals surface area contributed by atoms with Crippen LogP contribution in [0.4, 0.5) is 0 Å². The van der Waals surface area contributed by atoms with Crippen molar-refractivity contribution in [3.05, 3.63) is 33.6 Å². The van der Waals surface area contributed by atoms with Gasteiger partial charge in [0.2, 0.25) is 5.78 Å². The highest BCUT2D eigenvalue weighted by Crippen LogP contribution is 2.29. The van der Waals surface area contributed by atoms with Crippen LogP contribution < -0.4 is 5.32 Å². The molecule has 5 heteroatoms. The second-order valence-corrected chi connectivity index (χ2v) is 5.70. The minimum atomic E-state index is 0.812. The van der Waals surface area contributed by atoms with E-state index in [1.54, 1.807) is 0 Å². The standard InChI is InChI=1S/C14H17BrN4/c1-8-5-6-10-12(9(8)2)17-14-18(4)11(7-16-3)13(15)19(10)14/h5-6,16H,7H2,1-4H3. The van der Waals surface area contributed by atoms with Gasteiger partial charge in [-0.2, -0.15) is 0 Å². The fraction of sp³-hybridized carbons (Fsp3) is 0.357. The van der Waals surface area contributed by atoms with Gasteiger partial charge in [-0.3, -0.25) is 4.40 Å². The van der Waals surface area contributed by atoms with Gasteiger partial charge >= 0.3 is 0 Å². The van der Waals surface area contributed by atoms with Crippen molar-refractivity contribution in [1.29, 1.82) is 0 Å². The number of nitrogens with zero attached hydrogens (tertiary/aromatic N) is 3. The third-order valence-corrected chi connectivity index (χ3v) is 4.63. The predicted octanol–water partition coefficient (Wildman–Crippen LogP) is 2.92. The molecule has 1 aromatic carbocycles. The van der Waals surface area contributed by atoms with Gasteiger partial charge < -0.3 is 9.88 Å². The number of imidazole rings is 2. The quantitative estimate of drug-likeness (QED) is 0.787. The molecule has 0 saturated heterocycles. The highest BCUT2D eigenvalue weighted by Gasteiger charge is 2.18. The maximum absolute atomic E-state index is 4.81. The Morgan fingerprint density at radius 3 is 2.74 bits per heavy atom. The Labute approximate surface area is 120 Å². The smallest absolute Gasteiger partial charge is 0.215 e. The molecule has 0 unspecified atom stereocenters. The van der Waals surface area contributed by atoms with Crippen LogP contribution in [0.15, 0.2) is 16.7 Å². The second kappa shape index (κ2) is 4.35. The van der Waals surface area contributed by atoms with Gasteiger partial charge in [-0.25, -0.2) is 4.98 Å².